The van der Waals surface area contributed by atoms with E-state index in [-0.39, 0.29) is 23.2 Å². The third kappa shape index (κ3) is 6.35. The van der Waals surface area contributed by atoms with Crippen LogP contribution in [0.4, 0.5) is 4.79 Å². The number of ether oxygens (including phenoxy) is 2. The number of amides is 1. The van der Waals surface area contributed by atoms with E-state index in [4.69, 9.17) is 9.16 Å². The van der Waals surface area contributed by atoms with Crippen molar-refractivity contribution in [3.63, 3.8) is 0 Å². The van der Waals surface area contributed by atoms with E-state index < -0.39 is 26.0 Å². The Bertz CT molecular complexity index is 574. The van der Waals surface area contributed by atoms with Crippen molar-refractivity contribution in [2.75, 3.05) is 7.11 Å². The van der Waals surface area contributed by atoms with Crippen LogP contribution in [0, 0.1) is 0 Å². The minimum Gasteiger partial charge on any atom is -0.466 e. The average Bonchev–Trinajstić information content (AvgIpc) is 2.77. The molecule has 156 valence electrons. The number of hydrogen-bond donors (Lipinski definition) is 0. The highest BCUT2D eigenvalue weighted by molar-refractivity contribution is 6.74. The summed E-state index contributed by atoms with van der Waals surface area (Å²) in [4.78, 5) is 26.0. The first-order valence-corrected chi connectivity index (χ1v) is 12.4. The van der Waals surface area contributed by atoms with Crippen molar-refractivity contribution in [2.24, 2.45) is 0 Å². The summed E-state index contributed by atoms with van der Waals surface area (Å²) in [6.45, 7) is 18.5. The number of methoxy groups -OCH3 is 1. The van der Waals surface area contributed by atoms with Crippen LogP contribution in [0.2, 0.25) is 18.1 Å². The van der Waals surface area contributed by atoms with Gasteiger partial charge in [-0.25, -0.2) is 9.59 Å². The molecule has 0 aromatic heterocycles. The highest BCUT2D eigenvalue weighted by Gasteiger charge is 2.47. The lowest BCUT2D eigenvalue weighted by Crippen LogP contribution is -2.48. The maximum atomic E-state index is 12.8. The minimum absolute atomic E-state index is 0.0728. The standard InChI is InChI=1S/C20H37NO5Si/c1-14-16(26-27(9,10)20(5,6)7)13-15(11-12-17(22)24-8)21(14)18(23)25-19(2,3)4/h11-12,14-16H,13H2,1-10H3/b12-11+/t14-,15-,16-/m1/s1. The second-order valence-corrected chi connectivity index (χ2v) is 14.5. The number of esters is 1. The highest BCUT2D eigenvalue weighted by atomic mass is 28.4. The van der Waals surface area contributed by atoms with Crippen LogP contribution in [0.3, 0.4) is 0 Å². The Hall–Kier alpha value is -1.34. The Morgan fingerprint density at radius 1 is 1.11 bits per heavy atom. The second-order valence-electron chi connectivity index (χ2n) is 9.73. The molecule has 0 aromatic rings. The summed E-state index contributed by atoms with van der Waals surface area (Å²) in [7, 11) is -0.666. The third-order valence-electron chi connectivity index (χ3n) is 5.32. The minimum atomic E-state index is -2.00. The van der Waals surface area contributed by atoms with Gasteiger partial charge in [0.25, 0.3) is 0 Å². The van der Waals surface area contributed by atoms with Crippen molar-refractivity contribution in [1.82, 2.24) is 4.90 Å². The van der Waals surface area contributed by atoms with E-state index in [1.807, 2.05) is 27.7 Å². The predicted molar refractivity (Wildman–Crippen MR) is 109 cm³/mol. The van der Waals surface area contributed by atoms with Crippen LogP contribution >= 0.6 is 0 Å². The van der Waals surface area contributed by atoms with Gasteiger partial charge in [-0.2, -0.15) is 0 Å². The molecule has 0 radical (unpaired) electrons. The van der Waals surface area contributed by atoms with Crippen molar-refractivity contribution < 1.29 is 23.5 Å². The van der Waals surface area contributed by atoms with E-state index in [1.165, 1.54) is 13.2 Å². The summed E-state index contributed by atoms with van der Waals surface area (Å²) in [6, 6.07) is -0.426. The molecule has 1 fully saturated rings. The summed E-state index contributed by atoms with van der Waals surface area (Å²) < 4.78 is 16.9. The zero-order valence-electron chi connectivity index (χ0n) is 18.6. The van der Waals surface area contributed by atoms with Crippen molar-refractivity contribution in [2.45, 2.75) is 96.8 Å². The molecule has 1 aliphatic heterocycles. The molecule has 0 aromatic carbocycles. The lowest BCUT2D eigenvalue weighted by atomic mass is 10.1. The van der Waals surface area contributed by atoms with Gasteiger partial charge in [0.15, 0.2) is 8.32 Å². The predicted octanol–water partition coefficient (Wildman–Crippen LogP) is 4.50. The molecule has 27 heavy (non-hydrogen) atoms. The molecule has 0 bridgehead atoms. The number of carbonyl (C=O) groups excluding carboxylic acids is 2. The van der Waals surface area contributed by atoms with Gasteiger partial charge in [0.05, 0.1) is 25.3 Å². The molecule has 0 unspecified atom stereocenters. The molecule has 1 heterocycles. The fraction of sp³-hybridized carbons (Fsp3) is 0.800. The van der Waals surface area contributed by atoms with Gasteiger partial charge < -0.3 is 13.9 Å². The summed E-state index contributed by atoms with van der Waals surface area (Å²) in [5.74, 6) is -0.444. The molecule has 0 spiro atoms. The topological polar surface area (TPSA) is 65.1 Å². The molecule has 0 aliphatic carbocycles. The maximum absolute atomic E-state index is 12.8. The van der Waals surface area contributed by atoms with Crippen molar-refractivity contribution in [3.05, 3.63) is 12.2 Å². The first kappa shape index (κ1) is 23.7. The van der Waals surface area contributed by atoms with E-state index in [9.17, 15) is 9.59 Å². The Balaban J connectivity index is 3.10. The molecule has 0 N–H and O–H groups in total. The van der Waals surface area contributed by atoms with Crippen molar-refractivity contribution in [3.8, 4) is 0 Å². The van der Waals surface area contributed by atoms with Crippen LogP contribution in [-0.2, 0) is 18.7 Å². The van der Waals surface area contributed by atoms with Gasteiger partial charge >= 0.3 is 12.1 Å². The Kier molecular flexibility index (Phi) is 7.33. The van der Waals surface area contributed by atoms with Gasteiger partial charge in [0.2, 0.25) is 0 Å². The molecular weight excluding hydrogens is 362 g/mol. The number of hydrogen-bond acceptors (Lipinski definition) is 5. The van der Waals surface area contributed by atoms with Crippen LogP contribution < -0.4 is 0 Å². The highest BCUT2D eigenvalue weighted by Crippen LogP contribution is 2.40. The van der Waals surface area contributed by atoms with Gasteiger partial charge in [-0.05, 0) is 52.2 Å². The van der Waals surface area contributed by atoms with Crippen LogP contribution in [0.1, 0.15) is 54.9 Å². The van der Waals surface area contributed by atoms with Crippen molar-refractivity contribution in [1.29, 1.82) is 0 Å². The van der Waals surface area contributed by atoms with Crippen LogP contribution in [0.25, 0.3) is 0 Å². The van der Waals surface area contributed by atoms with Gasteiger partial charge in [-0.3, -0.25) is 4.90 Å². The SMILES string of the molecule is COC(=O)/C=C/[C@@H]1C[C@@H](O[Si](C)(C)C(C)(C)C)[C@@H](C)N1C(=O)OC(C)(C)C. The Morgan fingerprint density at radius 2 is 1.67 bits per heavy atom. The molecule has 1 aliphatic rings. The van der Waals surface area contributed by atoms with Crippen LogP contribution in [0.5, 0.6) is 0 Å². The van der Waals surface area contributed by atoms with E-state index in [0.29, 0.717) is 6.42 Å². The molecule has 7 heteroatoms. The quantitative estimate of drug-likeness (QED) is 0.395. The fourth-order valence-corrected chi connectivity index (χ4v) is 4.18. The Labute approximate surface area is 165 Å². The van der Waals surface area contributed by atoms with Crippen molar-refractivity contribution >= 4 is 20.4 Å². The molecule has 3 atom stereocenters. The number of rotatable bonds is 4. The molecule has 1 rings (SSSR count). The van der Waals surface area contributed by atoms with Gasteiger partial charge in [-0.1, -0.05) is 26.8 Å². The van der Waals surface area contributed by atoms with Crippen LogP contribution in [-0.4, -0.2) is 56.2 Å². The molecule has 6 nitrogen and oxygen atoms in total. The summed E-state index contributed by atoms with van der Waals surface area (Å²) >= 11 is 0. The normalized spacial score (nSPS) is 24.4. The second kappa shape index (κ2) is 8.35. The average molecular weight is 400 g/mol. The molecular formula is C20H37NO5Si. The third-order valence-corrected chi connectivity index (χ3v) is 9.82. The monoisotopic (exact) mass is 399 g/mol. The largest absolute Gasteiger partial charge is 0.466 e. The van der Waals surface area contributed by atoms with Gasteiger partial charge in [-0.15, -0.1) is 0 Å². The first-order valence-electron chi connectivity index (χ1n) is 9.54. The van der Waals surface area contributed by atoms with Crippen LogP contribution in [0.15, 0.2) is 12.2 Å². The van der Waals surface area contributed by atoms with Gasteiger partial charge in [0.1, 0.15) is 5.60 Å². The van der Waals surface area contributed by atoms with Gasteiger partial charge in [0, 0.05) is 6.08 Å². The van der Waals surface area contributed by atoms with E-state index >= 15 is 0 Å². The first-order chi connectivity index (χ1) is 12.1. The lowest BCUT2D eigenvalue weighted by Gasteiger charge is -2.39. The van der Waals surface area contributed by atoms with E-state index in [2.05, 4.69) is 38.6 Å². The van der Waals surface area contributed by atoms with E-state index in [1.54, 1.807) is 11.0 Å². The smallest absolute Gasteiger partial charge is 0.411 e. The molecule has 0 saturated carbocycles. The number of carbonyl (C=O) groups is 2. The summed E-state index contributed by atoms with van der Waals surface area (Å²) in [5, 5.41) is 0.0728. The fourth-order valence-electron chi connectivity index (χ4n) is 2.78. The summed E-state index contributed by atoms with van der Waals surface area (Å²) in [5.41, 5.74) is -0.591. The zero-order chi connectivity index (χ0) is 21.2. The summed E-state index contributed by atoms with van der Waals surface area (Å²) in [6.07, 6.45) is 3.20. The van der Waals surface area contributed by atoms with E-state index in [0.717, 1.165) is 0 Å². The molecule has 1 amide bonds. The number of likely N-dealkylation sites (tertiary alicyclic amines) is 1. The number of nitrogens with zero attached hydrogens (tertiary/aromatic N) is 1. The molecule has 1 saturated heterocycles. The lowest BCUT2D eigenvalue weighted by molar-refractivity contribution is -0.134. The Morgan fingerprint density at radius 3 is 2.11 bits per heavy atom. The zero-order valence-corrected chi connectivity index (χ0v) is 19.6. The maximum Gasteiger partial charge on any atom is 0.411 e.